The highest BCUT2D eigenvalue weighted by Gasteiger charge is 2.37. The first kappa shape index (κ1) is 19.2. The highest BCUT2D eigenvalue weighted by molar-refractivity contribution is 5.98. The van der Waals surface area contributed by atoms with E-state index in [1.54, 1.807) is 25.3 Å². The van der Waals surface area contributed by atoms with E-state index in [0.29, 0.717) is 30.2 Å². The molecule has 0 aliphatic carbocycles. The van der Waals surface area contributed by atoms with Gasteiger partial charge in [0, 0.05) is 18.5 Å². The molecule has 1 saturated heterocycles. The Morgan fingerprint density at radius 1 is 1.11 bits per heavy atom. The van der Waals surface area contributed by atoms with E-state index in [-0.39, 0.29) is 17.9 Å². The smallest absolute Gasteiger partial charge is 0.257 e. The van der Waals surface area contributed by atoms with Gasteiger partial charge in [-0.25, -0.2) is 0 Å². The van der Waals surface area contributed by atoms with Crippen molar-refractivity contribution < 1.29 is 19.4 Å². The summed E-state index contributed by atoms with van der Waals surface area (Å²) in [6.45, 7) is 1.26. The van der Waals surface area contributed by atoms with Gasteiger partial charge in [-0.3, -0.25) is 4.79 Å². The van der Waals surface area contributed by atoms with Crippen molar-refractivity contribution in [2.24, 2.45) is 5.41 Å². The maximum absolute atomic E-state index is 13.2. The van der Waals surface area contributed by atoms with E-state index in [1.807, 2.05) is 23.1 Å². The Bertz CT molecular complexity index is 777. The Hall–Kier alpha value is -2.53. The minimum atomic E-state index is -0.318. The van der Waals surface area contributed by atoms with Gasteiger partial charge < -0.3 is 19.5 Å². The molecule has 144 valence electrons. The van der Waals surface area contributed by atoms with E-state index in [2.05, 4.69) is 12.1 Å². The van der Waals surface area contributed by atoms with Crippen LogP contribution in [0.1, 0.15) is 28.8 Å². The number of methoxy groups -OCH3 is 2. The lowest BCUT2D eigenvalue weighted by molar-refractivity contribution is 0.0269. The van der Waals surface area contributed by atoms with E-state index in [9.17, 15) is 9.90 Å². The highest BCUT2D eigenvalue weighted by atomic mass is 16.5. The number of ether oxygens (including phenoxy) is 2. The van der Waals surface area contributed by atoms with Gasteiger partial charge in [0.05, 0.1) is 26.4 Å². The summed E-state index contributed by atoms with van der Waals surface area (Å²) in [7, 11) is 3.10. The summed E-state index contributed by atoms with van der Waals surface area (Å²) in [5.74, 6) is 0.905. The summed E-state index contributed by atoms with van der Waals surface area (Å²) in [6.07, 6.45) is 2.52. The number of benzene rings is 2. The molecule has 2 aromatic rings. The zero-order chi connectivity index (χ0) is 19.3. The zero-order valence-corrected chi connectivity index (χ0v) is 16.0. The van der Waals surface area contributed by atoms with Gasteiger partial charge >= 0.3 is 0 Å². The van der Waals surface area contributed by atoms with Crippen molar-refractivity contribution in [3.05, 3.63) is 59.7 Å². The Morgan fingerprint density at radius 3 is 2.56 bits per heavy atom. The molecule has 0 spiro atoms. The monoisotopic (exact) mass is 369 g/mol. The van der Waals surface area contributed by atoms with Gasteiger partial charge in [-0.05, 0) is 37.0 Å². The molecule has 1 heterocycles. The second-order valence-electron chi connectivity index (χ2n) is 7.19. The Labute approximate surface area is 160 Å². The van der Waals surface area contributed by atoms with Gasteiger partial charge in [0.2, 0.25) is 0 Å². The lowest BCUT2D eigenvalue weighted by Crippen LogP contribution is -2.49. The molecule has 1 amide bonds. The molecular formula is C22H27NO4. The molecule has 5 heteroatoms. The van der Waals surface area contributed by atoms with Gasteiger partial charge in [0.15, 0.2) is 11.5 Å². The van der Waals surface area contributed by atoms with Crippen LogP contribution in [-0.2, 0) is 6.42 Å². The van der Waals surface area contributed by atoms with E-state index in [0.717, 1.165) is 19.3 Å². The van der Waals surface area contributed by atoms with Crippen LogP contribution in [0.3, 0.4) is 0 Å². The summed E-state index contributed by atoms with van der Waals surface area (Å²) >= 11 is 0. The van der Waals surface area contributed by atoms with Gasteiger partial charge in [-0.15, -0.1) is 0 Å². The highest BCUT2D eigenvalue weighted by Crippen LogP contribution is 2.36. The molecule has 0 bridgehead atoms. The lowest BCUT2D eigenvalue weighted by atomic mass is 9.75. The largest absolute Gasteiger partial charge is 0.493 e. The van der Waals surface area contributed by atoms with Crippen LogP contribution in [-0.4, -0.2) is 49.8 Å². The van der Waals surface area contributed by atoms with E-state index in [4.69, 9.17) is 9.47 Å². The SMILES string of the molecule is COc1cccc(C(=O)N2CCC[C@](CO)(Cc3ccccc3)C2)c1OC. The van der Waals surface area contributed by atoms with E-state index in [1.165, 1.54) is 12.7 Å². The van der Waals surface area contributed by atoms with Gasteiger partial charge in [-0.1, -0.05) is 36.4 Å². The molecule has 0 aromatic heterocycles. The molecule has 27 heavy (non-hydrogen) atoms. The number of carbonyl (C=O) groups is 1. The Morgan fingerprint density at radius 2 is 1.89 bits per heavy atom. The molecule has 0 radical (unpaired) electrons. The van der Waals surface area contributed by atoms with Gasteiger partial charge in [0.1, 0.15) is 0 Å². The maximum Gasteiger partial charge on any atom is 0.257 e. The average Bonchev–Trinajstić information content (AvgIpc) is 2.73. The van der Waals surface area contributed by atoms with Crippen LogP contribution in [0.4, 0.5) is 0 Å². The van der Waals surface area contributed by atoms with Crippen LogP contribution in [0.2, 0.25) is 0 Å². The number of para-hydroxylation sites is 1. The third-order valence-corrected chi connectivity index (χ3v) is 5.34. The van der Waals surface area contributed by atoms with Crippen LogP contribution in [0.15, 0.2) is 48.5 Å². The quantitative estimate of drug-likeness (QED) is 0.850. The zero-order valence-electron chi connectivity index (χ0n) is 16.0. The summed E-state index contributed by atoms with van der Waals surface area (Å²) in [4.78, 5) is 15.0. The normalized spacial score (nSPS) is 19.6. The van der Waals surface area contributed by atoms with Crippen molar-refractivity contribution in [1.82, 2.24) is 4.90 Å². The maximum atomic E-state index is 13.2. The van der Waals surface area contributed by atoms with E-state index < -0.39 is 0 Å². The number of carbonyl (C=O) groups excluding carboxylic acids is 1. The van der Waals surface area contributed by atoms with Gasteiger partial charge in [-0.2, -0.15) is 0 Å². The first-order chi connectivity index (χ1) is 13.1. The predicted octanol–water partition coefficient (Wildman–Crippen LogP) is 3.16. The molecule has 1 N–H and O–H groups in total. The fraction of sp³-hybridized carbons (Fsp3) is 0.409. The van der Waals surface area contributed by atoms with Crippen molar-refractivity contribution in [1.29, 1.82) is 0 Å². The third-order valence-electron chi connectivity index (χ3n) is 5.34. The average molecular weight is 369 g/mol. The summed E-state index contributed by atoms with van der Waals surface area (Å²) in [5, 5.41) is 10.2. The van der Waals surface area contributed by atoms with Crippen LogP contribution >= 0.6 is 0 Å². The molecular weight excluding hydrogens is 342 g/mol. The number of amides is 1. The van der Waals surface area contributed by atoms with Crippen molar-refractivity contribution in [2.75, 3.05) is 33.9 Å². The van der Waals surface area contributed by atoms with Crippen molar-refractivity contribution in [3.8, 4) is 11.5 Å². The number of aliphatic hydroxyl groups is 1. The van der Waals surface area contributed by atoms with Crippen LogP contribution in [0, 0.1) is 5.41 Å². The number of aliphatic hydroxyl groups excluding tert-OH is 1. The van der Waals surface area contributed by atoms with Crippen LogP contribution < -0.4 is 9.47 Å². The van der Waals surface area contributed by atoms with E-state index >= 15 is 0 Å². The molecule has 1 aliphatic rings. The second kappa shape index (κ2) is 8.44. The predicted molar refractivity (Wildman–Crippen MR) is 104 cm³/mol. The standard InChI is InChI=1S/C22H27NO4/c1-26-19-11-6-10-18(20(19)27-2)21(25)23-13-7-12-22(15-23,16-24)14-17-8-4-3-5-9-17/h3-6,8-11,24H,7,12-16H2,1-2H3/t22-/m0/s1. The number of likely N-dealkylation sites (tertiary alicyclic amines) is 1. The van der Waals surface area contributed by atoms with Crippen molar-refractivity contribution in [2.45, 2.75) is 19.3 Å². The first-order valence-corrected chi connectivity index (χ1v) is 9.27. The molecule has 1 aliphatic heterocycles. The molecule has 3 rings (SSSR count). The Balaban J connectivity index is 1.84. The second-order valence-corrected chi connectivity index (χ2v) is 7.19. The molecule has 5 nitrogen and oxygen atoms in total. The fourth-order valence-electron chi connectivity index (χ4n) is 3.97. The van der Waals surface area contributed by atoms with Crippen molar-refractivity contribution in [3.63, 3.8) is 0 Å². The topological polar surface area (TPSA) is 59.0 Å². The number of piperidine rings is 1. The Kier molecular flexibility index (Phi) is 6.01. The minimum absolute atomic E-state index is 0.0565. The summed E-state index contributed by atoms with van der Waals surface area (Å²) in [6, 6.07) is 15.5. The number of rotatable bonds is 6. The molecule has 0 unspecified atom stereocenters. The van der Waals surface area contributed by atoms with Crippen LogP contribution in [0.5, 0.6) is 11.5 Å². The van der Waals surface area contributed by atoms with Gasteiger partial charge in [0.25, 0.3) is 5.91 Å². The molecule has 1 fully saturated rings. The molecule has 2 aromatic carbocycles. The summed E-state index contributed by atoms with van der Waals surface area (Å²) < 4.78 is 10.8. The fourth-order valence-corrected chi connectivity index (χ4v) is 3.97. The number of nitrogens with zero attached hydrogens (tertiary/aromatic N) is 1. The molecule has 0 saturated carbocycles. The molecule has 1 atom stereocenters. The third kappa shape index (κ3) is 4.08. The van der Waals surface area contributed by atoms with Crippen molar-refractivity contribution >= 4 is 5.91 Å². The first-order valence-electron chi connectivity index (χ1n) is 9.27. The summed E-state index contributed by atoms with van der Waals surface area (Å²) in [5.41, 5.74) is 1.35. The van der Waals surface area contributed by atoms with Crippen LogP contribution in [0.25, 0.3) is 0 Å². The lowest BCUT2D eigenvalue weighted by Gasteiger charge is -2.42. The number of hydrogen-bond acceptors (Lipinski definition) is 4. The minimum Gasteiger partial charge on any atom is -0.493 e. The number of hydrogen-bond donors (Lipinski definition) is 1.